The third-order valence-corrected chi connectivity index (χ3v) is 24.9. The van der Waals surface area contributed by atoms with Gasteiger partial charge in [-0.05, 0) is 204 Å². The number of ether oxygens (including phenoxy) is 6. The summed E-state index contributed by atoms with van der Waals surface area (Å²) in [4.78, 5) is 43.4. The van der Waals surface area contributed by atoms with Gasteiger partial charge in [0.25, 0.3) is 0 Å². The lowest BCUT2D eigenvalue weighted by Crippen LogP contribution is -2.11. The van der Waals surface area contributed by atoms with E-state index >= 15 is 0 Å². The molecular formula is C115H131N9O9. The van der Waals surface area contributed by atoms with Crippen LogP contribution in [0.3, 0.4) is 0 Å². The predicted molar refractivity (Wildman–Crippen MR) is 544 cm³/mol. The largest absolute Gasteiger partial charge is 0.507 e. The molecule has 0 aliphatic carbocycles. The number of phenolic OH excluding ortho intramolecular Hbond substituents is 3. The van der Waals surface area contributed by atoms with Crippen molar-refractivity contribution < 1.29 is 43.7 Å². The van der Waals surface area contributed by atoms with Gasteiger partial charge in [0.1, 0.15) is 17.2 Å². The van der Waals surface area contributed by atoms with E-state index in [4.69, 9.17) is 63.3 Å². The number of fused-ring (bicyclic) bond motifs is 10. The zero-order valence-electron chi connectivity index (χ0n) is 79.2. The van der Waals surface area contributed by atoms with Crippen LogP contribution in [0.5, 0.6) is 35.3 Å². The van der Waals surface area contributed by atoms with E-state index in [1.165, 1.54) is 34.4 Å². The van der Waals surface area contributed by atoms with Gasteiger partial charge in [0.05, 0.1) is 74.6 Å². The van der Waals surface area contributed by atoms with Crippen molar-refractivity contribution in [2.75, 3.05) is 19.8 Å². The Hall–Kier alpha value is -12.6. The SMILES string of the molecule is CCCCCCOc1nc(-c2ccc(COC(CC)CCCC)cc2O)nc(-c2c3ccccc3cc3ccccc23)n1.CCCCCCOc1nc(-c2ccc(COC(CC)CCCC)cc2O)nc(-c2cc3c4ccccc4ccc3c3ccccc23)n1.CCCCCCOc1nc(-c2ccc(COC(CC)CCCC)cc2O)nc(-c2cc3ccccc3c3ccccc23)n1. The molecule has 690 valence electrons. The highest BCUT2D eigenvalue weighted by Crippen LogP contribution is 2.43. The van der Waals surface area contributed by atoms with Gasteiger partial charge in [0.15, 0.2) is 34.9 Å². The maximum absolute atomic E-state index is 11.3. The van der Waals surface area contributed by atoms with Gasteiger partial charge in [-0.2, -0.15) is 29.9 Å². The van der Waals surface area contributed by atoms with E-state index in [1.54, 1.807) is 18.2 Å². The second-order valence-corrected chi connectivity index (χ2v) is 34.8. The van der Waals surface area contributed by atoms with Crippen LogP contribution in [0.1, 0.15) is 233 Å². The van der Waals surface area contributed by atoms with Gasteiger partial charge in [0.2, 0.25) is 0 Å². The Morgan fingerprint density at radius 1 is 0.233 bits per heavy atom. The fraction of sp³-hybridized carbons (Fsp3) is 0.365. The number of nitrogens with zero attached hydrogens (tertiary/aromatic N) is 9. The number of aromatic hydroxyl groups is 3. The highest BCUT2D eigenvalue weighted by Gasteiger charge is 2.25. The molecule has 133 heavy (non-hydrogen) atoms. The number of benzene rings is 13. The Labute approximate surface area is 784 Å². The number of unbranched alkanes of at least 4 members (excludes halogenated alkanes) is 12. The summed E-state index contributed by atoms with van der Waals surface area (Å²) in [6, 6.07) is 78.5. The normalized spacial score (nSPS) is 12.2. The summed E-state index contributed by atoms with van der Waals surface area (Å²) in [6.45, 7) is 22.6. The average molecular weight is 1780 g/mol. The summed E-state index contributed by atoms with van der Waals surface area (Å²) in [5, 5.41) is 49.2. The highest BCUT2D eigenvalue weighted by atomic mass is 16.5. The van der Waals surface area contributed by atoms with E-state index in [0.717, 1.165) is 229 Å². The van der Waals surface area contributed by atoms with Gasteiger partial charge in [-0.3, -0.25) is 0 Å². The molecule has 0 saturated heterocycles. The predicted octanol–water partition coefficient (Wildman–Crippen LogP) is 30.1. The van der Waals surface area contributed by atoms with E-state index in [1.807, 2.05) is 78.9 Å². The smallest absolute Gasteiger partial charge is 0.320 e. The molecule has 0 bridgehead atoms. The Bertz CT molecular complexity index is 6440. The molecule has 0 aliphatic rings. The van der Waals surface area contributed by atoms with Crippen molar-refractivity contribution in [3.05, 3.63) is 247 Å². The Morgan fingerprint density at radius 2 is 0.534 bits per heavy atom. The first-order valence-corrected chi connectivity index (χ1v) is 48.9. The van der Waals surface area contributed by atoms with Crippen LogP contribution >= 0.6 is 0 Å². The van der Waals surface area contributed by atoms with Crippen LogP contribution in [-0.4, -0.2) is 98.3 Å². The van der Waals surface area contributed by atoms with Crippen LogP contribution in [-0.2, 0) is 34.0 Å². The summed E-state index contributed by atoms with van der Waals surface area (Å²) in [7, 11) is 0. The molecule has 0 amide bonds. The van der Waals surface area contributed by atoms with Gasteiger partial charge < -0.3 is 43.7 Å². The topological polar surface area (TPSA) is 232 Å². The second kappa shape index (κ2) is 49.2. The Kier molecular flexibility index (Phi) is 35.7. The first kappa shape index (κ1) is 96.4. The molecule has 18 heteroatoms. The summed E-state index contributed by atoms with van der Waals surface area (Å²) < 4.78 is 36.8. The number of hydrogen-bond donors (Lipinski definition) is 3. The van der Waals surface area contributed by atoms with Crippen LogP contribution in [0, 0.1) is 0 Å². The van der Waals surface area contributed by atoms with E-state index in [9.17, 15) is 15.3 Å². The summed E-state index contributed by atoms with van der Waals surface area (Å²) in [6.07, 6.45) is 26.7. The van der Waals surface area contributed by atoms with Crippen molar-refractivity contribution in [3.63, 3.8) is 0 Å². The van der Waals surface area contributed by atoms with Crippen molar-refractivity contribution in [2.45, 2.75) is 255 Å². The number of aromatic nitrogens is 9. The number of hydrogen-bond acceptors (Lipinski definition) is 18. The molecule has 13 aromatic carbocycles. The molecule has 16 rings (SSSR count). The van der Waals surface area contributed by atoms with Crippen LogP contribution in [0.2, 0.25) is 0 Å². The van der Waals surface area contributed by atoms with Crippen LogP contribution in [0.25, 0.3) is 144 Å². The highest BCUT2D eigenvalue weighted by molar-refractivity contribution is 6.21. The standard InChI is InChI=1S/C41H45N3O3.2C37H43N3O3/c1-4-7-9-14-24-46-41-43-39(35-22-20-28(25-38(35)45)27-47-30(6-3)16-8-5-2)42-40(44-41)37-26-36-31-17-11-10-15-29(31)21-23-34(36)32-18-12-13-19-33(32)37;1-4-7-9-14-22-42-37-39-35(32-21-20-26(23-33(32)41)25-43-29(6-3)17-8-5-2)38-36(40-37)34-30-18-12-10-15-27(30)24-28-16-11-13-19-31(28)34;1-4-7-9-14-22-42-37-39-35(32-21-20-26(23-34(32)41)25-43-28(6-3)16-8-5-2)38-36(40-37)33-24-27-15-10-11-17-29(27)30-18-12-13-19-31(30)33/h10-13,15,17-23,25-26,30,45H,4-9,14,16,24,27H2,1-3H3;10-13,15-16,18-21,23-24,29,41H,4-9,14,17,22,25H2,1-3H3;10-13,15,17-21,23-24,28,41H,4-9,14,16,22,25H2,1-3H3. The molecule has 3 unspecified atom stereocenters. The first-order valence-electron chi connectivity index (χ1n) is 48.9. The molecule has 0 aliphatic heterocycles. The molecule has 0 radical (unpaired) electrons. The summed E-state index contributed by atoms with van der Waals surface area (Å²) in [5.41, 5.74) is 7.06. The van der Waals surface area contributed by atoms with E-state index < -0.39 is 0 Å². The Balaban J connectivity index is 0.000000161. The summed E-state index contributed by atoms with van der Waals surface area (Å²) in [5.74, 6) is 3.01. The molecular weight excluding hydrogens is 1650 g/mol. The number of rotatable bonds is 45. The van der Waals surface area contributed by atoms with Gasteiger partial charge in [0, 0.05) is 16.7 Å². The maximum atomic E-state index is 11.3. The van der Waals surface area contributed by atoms with Gasteiger partial charge >= 0.3 is 18.0 Å². The van der Waals surface area contributed by atoms with Crippen molar-refractivity contribution in [3.8, 4) is 104 Å². The second-order valence-electron chi connectivity index (χ2n) is 34.8. The van der Waals surface area contributed by atoms with Gasteiger partial charge in [-0.15, -0.1) is 0 Å². The molecule has 18 nitrogen and oxygen atoms in total. The van der Waals surface area contributed by atoms with Gasteiger partial charge in [-0.25, -0.2) is 15.0 Å². The zero-order chi connectivity index (χ0) is 92.6. The van der Waals surface area contributed by atoms with Crippen LogP contribution < -0.4 is 14.2 Å². The lowest BCUT2D eigenvalue weighted by Gasteiger charge is -2.16. The van der Waals surface area contributed by atoms with Crippen molar-refractivity contribution in [1.29, 1.82) is 0 Å². The monoisotopic (exact) mass is 1780 g/mol. The van der Waals surface area contributed by atoms with Crippen molar-refractivity contribution >= 4 is 75.4 Å². The van der Waals surface area contributed by atoms with Crippen LogP contribution in [0.4, 0.5) is 0 Å². The third-order valence-electron chi connectivity index (χ3n) is 24.9. The third kappa shape index (κ3) is 25.2. The molecule has 3 atom stereocenters. The van der Waals surface area contributed by atoms with Crippen LogP contribution in [0.15, 0.2) is 231 Å². The zero-order valence-corrected chi connectivity index (χ0v) is 79.2. The molecule has 3 heterocycles. The maximum Gasteiger partial charge on any atom is 0.320 e. The average Bonchev–Trinajstić information content (AvgIpc) is 0.735. The van der Waals surface area contributed by atoms with E-state index in [0.29, 0.717) is 91.3 Å². The molecule has 3 aromatic heterocycles. The lowest BCUT2D eigenvalue weighted by molar-refractivity contribution is 0.0311. The van der Waals surface area contributed by atoms with Gasteiger partial charge in [-0.1, -0.05) is 335 Å². The summed E-state index contributed by atoms with van der Waals surface area (Å²) >= 11 is 0. The molecule has 0 saturated carbocycles. The lowest BCUT2D eigenvalue weighted by atomic mass is 9.93. The molecule has 16 aromatic rings. The molecule has 3 N–H and O–H groups in total. The minimum Gasteiger partial charge on any atom is -0.507 e. The Morgan fingerprint density at radius 3 is 0.910 bits per heavy atom. The minimum absolute atomic E-state index is 0.105. The van der Waals surface area contributed by atoms with Crippen molar-refractivity contribution in [2.24, 2.45) is 0 Å². The first-order chi connectivity index (χ1) is 65.3. The molecule has 0 fully saturated rings. The van der Waals surface area contributed by atoms with E-state index in [-0.39, 0.29) is 53.6 Å². The van der Waals surface area contributed by atoms with E-state index in [2.05, 4.69) is 206 Å². The fourth-order valence-corrected chi connectivity index (χ4v) is 17.3. The van der Waals surface area contributed by atoms with Crippen molar-refractivity contribution in [1.82, 2.24) is 44.9 Å². The quantitative estimate of drug-likeness (QED) is 0.0183. The fourth-order valence-electron chi connectivity index (χ4n) is 17.3. The molecule has 0 spiro atoms. The minimum atomic E-state index is 0.105. The number of phenols is 3.